The van der Waals surface area contributed by atoms with Crippen LogP contribution >= 0.6 is 11.8 Å². The normalized spacial score (nSPS) is 21.7. The topological polar surface area (TPSA) is 29.5 Å². The average Bonchev–Trinajstić information content (AvgIpc) is 2.33. The molecule has 1 N–H and O–H groups in total. The van der Waals surface area contributed by atoms with Crippen molar-refractivity contribution in [2.24, 2.45) is 0 Å². The minimum Gasteiger partial charge on any atom is -0.396 e. The Hall–Kier alpha value is -0.510. The highest BCUT2D eigenvalue weighted by Gasteiger charge is 2.40. The number of ether oxygens (including phenoxy) is 1. The smallest absolute Gasteiger partial charge is 0.0586 e. The van der Waals surface area contributed by atoms with E-state index in [2.05, 4.69) is 18.2 Å². The van der Waals surface area contributed by atoms with E-state index < -0.39 is 0 Å². The zero-order valence-electron chi connectivity index (χ0n) is 9.95. The Morgan fingerprint density at radius 2 is 2.24 bits per heavy atom. The van der Waals surface area contributed by atoms with Crippen molar-refractivity contribution < 1.29 is 9.84 Å². The second-order valence-electron chi connectivity index (χ2n) is 5.02. The van der Waals surface area contributed by atoms with Crippen molar-refractivity contribution in [1.82, 2.24) is 0 Å². The molecule has 0 spiro atoms. The zero-order valence-corrected chi connectivity index (χ0v) is 10.8. The molecule has 0 radical (unpaired) electrons. The van der Waals surface area contributed by atoms with Gasteiger partial charge in [0.25, 0.3) is 0 Å². The Bertz CT molecular complexity index is 413. The molecule has 2 nitrogen and oxygen atoms in total. The maximum absolute atomic E-state index is 9.21. The predicted molar refractivity (Wildman–Crippen MR) is 69.7 cm³/mol. The second kappa shape index (κ2) is 4.63. The van der Waals surface area contributed by atoms with Crippen molar-refractivity contribution in [3.63, 3.8) is 0 Å². The highest BCUT2D eigenvalue weighted by molar-refractivity contribution is 7.99. The van der Waals surface area contributed by atoms with E-state index >= 15 is 0 Å². The van der Waals surface area contributed by atoms with Crippen LogP contribution in [-0.4, -0.2) is 30.7 Å². The largest absolute Gasteiger partial charge is 0.396 e. The van der Waals surface area contributed by atoms with E-state index in [1.807, 2.05) is 11.8 Å². The molecule has 1 aromatic carbocycles. The molecule has 0 bridgehead atoms. The van der Waals surface area contributed by atoms with E-state index in [0.717, 1.165) is 19.6 Å². The van der Waals surface area contributed by atoms with Crippen molar-refractivity contribution >= 4 is 11.8 Å². The van der Waals surface area contributed by atoms with Crippen molar-refractivity contribution in [2.75, 3.05) is 25.6 Å². The highest BCUT2D eigenvalue weighted by Crippen LogP contribution is 2.39. The van der Waals surface area contributed by atoms with Gasteiger partial charge < -0.3 is 9.84 Å². The summed E-state index contributed by atoms with van der Waals surface area (Å²) in [5, 5.41) is 9.21. The first-order valence-electron chi connectivity index (χ1n) is 6.29. The lowest BCUT2D eigenvalue weighted by molar-refractivity contribution is -0.0701. The molecule has 2 heterocycles. The van der Waals surface area contributed by atoms with E-state index in [4.69, 9.17) is 4.74 Å². The maximum Gasteiger partial charge on any atom is 0.0586 e. The summed E-state index contributed by atoms with van der Waals surface area (Å²) >= 11 is 1.97. The van der Waals surface area contributed by atoms with Gasteiger partial charge in [0.15, 0.2) is 0 Å². The molecule has 1 saturated heterocycles. The van der Waals surface area contributed by atoms with Crippen LogP contribution in [0.2, 0.25) is 0 Å². The average molecular weight is 250 g/mol. The third kappa shape index (κ3) is 2.01. The van der Waals surface area contributed by atoms with Gasteiger partial charge in [-0.2, -0.15) is 0 Å². The summed E-state index contributed by atoms with van der Waals surface area (Å²) in [7, 11) is 0. The summed E-state index contributed by atoms with van der Waals surface area (Å²) in [5.74, 6) is 1.25. The van der Waals surface area contributed by atoms with Gasteiger partial charge in [-0.3, -0.25) is 0 Å². The Morgan fingerprint density at radius 1 is 1.35 bits per heavy atom. The molecule has 0 unspecified atom stereocenters. The Balaban J connectivity index is 1.92. The maximum atomic E-state index is 9.21. The Labute approximate surface area is 106 Å². The van der Waals surface area contributed by atoms with Gasteiger partial charge >= 0.3 is 0 Å². The molecule has 2 aliphatic heterocycles. The van der Waals surface area contributed by atoms with E-state index in [1.54, 1.807) is 0 Å². The number of aryl methyl sites for hydroxylation is 1. The first kappa shape index (κ1) is 11.6. The molecule has 92 valence electrons. The Kier molecular flexibility index (Phi) is 3.16. The number of aliphatic hydroxyl groups excluding tert-OH is 1. The van der Waals surface area contributed by atoms with Gasteiger partial charge in [0.2, 0.25) is 0 Å². The van der Waals surface area contributed by atoms with E-state index in [9.17, 15) is 5.11 Å². The van der Waals surface area contributed by atoms with Crippen LogP contribution in [0.3, 0.4) is 0 Å². The molecule has 17 heavy (non-hydrogen) atoms. The molecule has 0 saturated carbocycles. The minimum atomic E-state index is 0.0892. The fourth-order valence-corrected chi connectivity index (χ4v) is 3.73. The molecule has 2 aliphatic rings. The summed E-state index contributed by atoms with van der Waals surface area (Å²) in [6.45, 7) is 1.77. The fourth-order valence-electron chi connectivity index (χ4n) is 2.71. The van der Waals surface area contributed by atoms with Crippen LogP contribution in [0, 0.1) is 0 Å². The molecule has 0 atom stereocenters. The van der Waals surface area contributed by atoms with Crippen LogP contribution in [-0.2, 0) is 16.6 Å². The monoisotopic (exact) mass is 250 g/mol. The van der Waals surface area contributed by atoms with Gasteiger partial charge in [0.1, 0.15) is 0 Å². The molecule has 0 amide bonds. The number of thioether (sulfide) groups is 1. The van der Waals surface area contributed by atoms with Gasteiger partial charge in [-0.15, -0.1) is 11.8 Å². The summed E-state index contributed by atoms with van der Waals surface area (Å²) in [6.07, 6.45) is 3.30. The zero-order chi connectivity index (χ0) is 11.7. The van der Waals surface area contributed by atoms with Gasteiger partial charge in [0, 0.05) is 16.9 Å². The van der Waals surface area contributed by atoms with Crippen LogP contribution in [0.1, 0.15) is 24.0 Å². The van der Waals surface area contributed by atoms with Crippen LogP contribution < -0.4 is 0 Å². The first-order chi connectivity index (χ1) is 8.34. The number of rotatable bonds is 3. The minimum absolute atomic E-state index is 0.0892. The van der Waals surface area contributed by atoms with E-state index in [1.165, 1.54) is 34.6 Å². The van der Waals surface area contributed by atoms with Gasteiger partial charge in [-0.25, -0.2) is 0 Å². The number of fused-ring (bicyclic) bond motifs is 1. The van der Waals surface area contributed by atoms with E-state index in [0.29, 0.717) is 0 Å². The lowest BCUT2D eigenvalue weighted by Crippen LogP contribution is -2.47. The quantitative estimate of drug-likeness (QED) is 0.893. The lowest BCUT2D eigenvalue weighted by atomic mass is 9.75. The lowest BCUT2D eigenvalue weighted by Gasteiger charge is -2.42. The number of hydrogen-bond donors (Lipinski definition) is 1. The van der Waals surface area contributed by atoms with Crippen molar-refractivity contribution in [3.8, 4) is 0 Å². The third-order valence-electron chi connectivity index (χ3n) is 3.87. The number of hydrogen-bond acceptors (Lipinski definition) is 3. The molecule has 1 aromatic rings. The summed E-state index contributed by atoms with van der Waals surface area (Å²) in [6, 6.07) is 6.83. The van der Waals surface area contributed by atoms with Gasteiger partial charge in [-0.1, -0.05) is 12.1 Å². The van der Waals surface area contributed by atoms with Crippen LogP contribution in [0.15, 0.2) is 23.1 Å². The summed E-state index contributed by atoms with van der Waals surface area (Å²) in [4.78, 5) is 1.44. The first-order valence-corrected chi connectivity index (χ1v) is 7.27. The SMILES string of the molecule is OCCC1(c2ccc3c(c2)CCCS3)COC1. The van der Waals surface area contributed by atoms with Crippen molar-refractivity contribution in [2.45, 2.75) is 29.6 Å². The van der Waals surface area contributed by atoms with Crippen molar-refractivity contribution in [1.29, 1.82) is 0 Å². The fraction of sp³-hybridized carbons (Fsp3) is 0.571. The molecule has 3 heteroatoms. The second-order valence-corrected chi connectivity index (χ2v) is 6.16. The molecule has 1 fully saturated rings. The van der Waals surface area contributed by atoms with Crippen LogP contribution in [0.5, 0.6) is 0 Å². The third-order valence-corrected chi connectivity index (χ3v) is 5.07. The summed E-state index contributed by atoms with van der Waals surface area (Å²) < 4.78 is 5.37. The van der Waals surface area contributed by atoms with Crippen LogP contribution in [0.25, 0.3) is 0 Å². The Morgan fingerprint density at radius 3 is 2.94 bits per heavy atom. The van der Waals surface area contributed by atoms with Crippen LogP contribution in [0.4, 0.5) is 0 Å². The van der Waals surface area contributed by atoms with Gasteiger partial charge in [-0.05, 0) is 42.2 Å². The highest BCUT2D eigenvalue weighted by atomic mass is 32.2. The summed E-state index contributed by atoms with van der Waals surface area (Å²) in [5.41, 5.74) is 2.94. The van der Waals surface area contributed by atoms with Gasteiger partial charge in [0.05, 0.1) is 13.2 Å². The number of aliphatic hydroxyl groups is 1. The predicted octanol–water partition coefficient (Wildman–Crippen LogP) is 2.38. The standard InChI is InChI=1S/C14H18O2S/c15-6-5-14(9-16-10-14)12-3-4-13-11(8-12)2-1-7-17-13/h3-4,8,15H,1-2,5-7,9-10H2. The molecule has 0 aliphatic carbocycles. The molecular formula is C14H18O2S. The number of benzene rings is 1. The molecule has 0 aromatic heterocycles. The molecular weight excluding hydrogens is 232 g/mol. The van der Waals surface area contributed by atoms with E-state index in [-0.39, 0.29) is 12.0 Å². The molecule has 3 rings (SSSR count). The van der Waals surface area contributed by atoms with Crippen molar-refractivity contribution in [3.05, 3.63) is 29.3 Å².